The van der Waals surface area contributed by atoms with Crippen molar-refractivity contribution >= 4 is 57.9 Å². The van der Waals surface area contributed by atoms with E-state index < -0.39 is 60.6 Å². The molecule has 3 heterocycles. The fraction of sp³-hybridized carbons (Fsp3) is 0.485. The lowest BCUT2D eigenvalue weighted by atomic mass is 10.2. The molecule has 8 N–H and O–H groups in total. The van der Waals surface area contributed by atoms with E-state index in [0.717, 1.165) is 0 Å². The molecule has 0 bridgehead atoms. The number of nitrogen functional groups attached to an aromatic ring is 1. The third-order valence-electron chi connectivity index (χ3n) is 8.28. The molecule has 6 atom stereocenters. The number of nitrogens with two attached hydrogens (primary N) is 1. The van der Waals surface area contributed by atoms with Crippen LogP contribution in [0.5, 0.6) is 5.75 Å². The number of azide groups is 1. The van der Waals surface area contributed by atoms with Crippen molar-refractivity contribution in [2.24, 2.45) is 5.11 Å². The maximum Gasteiger partial charge on any atom is 0.490 e. The number of aromatic nitrogens is 3. The third-order valence-corrected chi connectivity index (χ3v) is 12.1. The minimum atomic E-state index is -5.73. The first kappa shape index (κ1) is 50.8. The van der Waals surface area contributed by atoms with Gasteiger partial charge in [0.05, 0.1) is 43.4 Å². The first-order valence-electron chi connectivity index (χ1n) is 18.4. The lowest BCUT2D eigenvalue weighted by molar-refractivity contribution is -0.126. The fourth-order valence-corrected chi connectivity index (χ4v) is 8.64. The molecule has 1 saturated heterocycles. The molecule has 4 unspecified atom stereocenters. The fourth-order valence-electron chi connectivity index (χ4n) is 5.61. The number of carbonyl (C=O) groups is 3. The van der Waals surface area contributed by atoms with Crippen LogP contribution in [0.3, 0.4) is 0 Å². The monoisotopic (exact) mass is 947 g/mol. The standard InChI is InChI=1S/C33H44N9O18P3/c1-21(43)6-4-11-37-33(45)22-7-3-9-24(14-22)56-19-28(40-41-35)55-13-12-54-18-27(44)36-10-5-8-23-16-42(32-30(23)31(34)38-20-39-32)29-15-25(53-2)26(58-29)17-57-62(49,50)60-63(51,52)59-61(46,47)48/h3,7,9,14,16,20,25-26,28-29H,4,6,10-13,15,17-19H2,1-2H3,(H,36,44)(H,37,45)(H,49,50)(H,51,52)(H2,34,38,39)(H2,46,47,48)/t25-,26+,28?,29?/m0/s1. The van der Waals surface area contributed by atoms with Crippen LogP contribution in [0, 0.1) is 11.8 Å². The summed E-state index contributed by atoms with van der Waals surface area (Å²) in [6.45, 7) is 0.267. The summed E-state index contributed by atoms with van der Waals surface area (Å²) in [5.41, 5.74) is 16.0. The van der Waals surface area contributed by atoms with E-state index in [0.29, 0.717) is 41.6 Å². The number of methoxy groups -OCH3 is 1. The Morgan fingerprint density at radius 2 is 1.90 bits per heavy atom. The summed E-state index contributed by atoms with van der Waals surface area (Å²) in [6, 6.07) is 6.32. The first-order valence-corrected chi connectivity index (χ1v) is 22.9. The van der Waals surface area contributed by atoms with Crippen molar-refractivity contribution in [3.8, 4) is 17.6 Å². The zero-order valence-corrected chi connectivity index (χ0v) is 36.1. The van der Waals surface area contributed by atoms with E-state index >= 15 is 0 Å². The van der Waals surface area contributed by atoms with Crippen LogP contribution in [-0.2, 0) is 55.4 Å². The molecule has 30 heteroatoms. The maximum absolute atomic E-state index is 12.4. The molecule has 3 aromatic rings. The largest absolute Gasteiger partial charge is 0.491 e. The number of nitrogens with zero attached hydrogens (tertiary/aromatic N) is 6. The van der Waals surface area contributed by atoms with Crippen LogP contribution in [0.4, 0.5) is 5.82 Å². The second kappa shape index (κ2) is 23.7. The summed E-state index contributed by atoms with van der Waals surface area (Å²) >= 11 is 0. The highest BCUT2D eigenvalue weighted by Gasteiger charge is 2.43. The molecule has 2 amide bonds. The number of carbonyl (C=O) groups excluding carboxylic acids is 3. The summed E-state index contributed by atoms with van der Waals surface area (Å²) in [4.78, 5) is 83.7. The molecule has 63 heavy (non-hydrogen) atoms. The number of phosphoric ester groups is 1. The van der Waals surface area contributed by atoms with E-state index in [-0.39, 0.29) is 62.5 Å². The van der Waals surface area contributed by atoms with Gasteiger partial charge in [0, 0.05) is 43.2 Å². The predicted molar refractivity (Wildman–Crippen MR) is 215 cm³/mol. The van der Waals surface area contributed by atoms with Gasteiger partial charge >= 0.3 is 23.5 Å². The molecule has 0 aliphatic carbocycles. The normalized spacial score (nSPS) is 18.5. The van der Waals surface area contributed by atoms with E-state index in [1.807, 2.05) is 0 Å². The number of ether oxygens (including phenoxy) is 5. The van der Waals surface area contributed by atoms with Crippen LogP contribution in [0.1, 0.15) is 48.3 Å². The summed E-state index contributed by atoms with van der Waals surface area (Å²) < 4.78 is 76.5. The lowest BCUT2D eigenvalue weighted by Gasteiger charge is -2.20. The molecule has 0 saturated carbocycles. The van der Waals surface area contributed by atoms with Crippen molar-refractivity contribution in [1.29, 1.82) is 0 Å². The Kier molecular flexibility index (Phi) is 19.1. The van der Waals surface area contributed by atoms with E-state index in [4.69, 9.17) is 49.3 Å². The Morgan fingerprint density at radius 1 is 1.13 bits per heavy atom. The van der Waals surface area contributed by atoms with Crippen LogP contribution in [0.2, 0.25) is 0 Å². The first-order chi connectivity index (χ1) is 29.8. The van der Waals surface area contributed by atoms with Crippen molar-refractivity contribution in [2.45, 2.75) is 50.8 Å². The Hall–Kier alpha value is -4.83. The van der Waals surface area contributed by atoms with Crippen molar-refractivity contribution < 1.29 is 84.5 Å². The van der Waals surface area contributed by atoms with Crippen molar-refractivity contribution in [3.63, 3.8) is 0 Å². The van der Waals surface area contributed by atoms with Gasteiger partial charge in [-0.2, -0.15) is 8.62 Å². The van der Waals surface area contributed by atoms with Gasteiger partial charge in [0.2, 0.25) is 5.91 Å². The van der Waals surface area contributed by atoms with E-state index in [9.17, 15) is 37.9 Å². The zero-order chi connectivity index (χ0) is 46.2. The topological polar surface area (TPSA) is 387 Å². The minimum absolute atomic E-state index is 0.0320. The smallest absolute Gasteiger partial charge is 0.490 e. The molecule has 2 aromatic heterocycles. The van der Waals surface area contributed by atoms with Gasteiger partial charge in [-0.25, -0.2) is 23.7 Å². The molecule has 4 rings (SSSR count). The minimum Gasteiger partial charge on any atom is -0.491 e. The van der Waals surface area contributed by atoms with Gasteiger partial charge < -0.3 is 69.0 Å². The number of hydrogen-bond donors (Lipinski definition) is 7. The Balaban J connectivity index is 1.24. The van der Waals surface area contributed by atoms with E-state index in [1.165, 1.54) is 26.4 Å². The quantitative estimate of drug-likeness (QED) is 0.0159. The van der Waals surface area contributed by atoms with Crippen LogP contribution in [0.25, 0.3) is 21.5 Å². The molecule has 1 aliphatic rings. The molecule has 0 radical (unpaired) electrons. The van der Waals surface area contributed by atoms with Gasteiger partial charge in [0.25, 0.3) is 5.91 Å². The average molecular weight is 948 g/mol. The van der Waals surface area contributed by atoms with Gasteiger partial charge in [0.15, 0.2) is 6.23 Å². The molecular weight excluding hydrogens is 903 g/mol. The van der Waals surface area contributed by atoms with Gasteiger partial charge in [-0.05, 0) is 37.1 Å². The highest BCUT2D eigenvalue weighted by molar-refractivity contribution is 7.66. The predicted octanol–water partition coefficient (Wildman–Crippen LogP) is 1.97. The van der Waals surface area contributed by atoms with Gasteiger partial charge in [-0.1, -0.05) is 23.0 Å². The van der Waals surface area contributed by atoms with Gasteiger partial charge in [-0.3, -0.25) is 14.1 Å². The van der Waals surface area contributed by atoms with Crippen LogP contribution in [-0.4, -0.2) is 123 Å². The highest BCUT2D eigenvalue weighted by atomic mass is 31.3. The highest BCUT2D eigenvalue weighted by Crippen LogP contribution is 2.66. The van der Waals surface area contributed by atoms with E-state index in [2.05, 4.69) is 51.1 Å². The molecule has 1 fully saturated rings. The SMILES string of the molecule is CO[C@H]1CC(n2cc(C#CCNC(=O)COCCOC(COc3cccc(C(=O)NCCCC(C)=O)c3)N=[N+]=[N-])c3c(N)ncnc32)O[C@@H]1COP(=O)(O)OP(=O)(O)OP(=O)(O)O. The maximum atomic E-state index is 12.4. The molecule has 1 aliphatic heterocycles. The number of rotatable bonds is 25. The number of anilines is 1. The van der Waals surface area contributed by atoms with E-state index in [1.54, 1.807) is 29.0 Å². The van der Waals surface area contributed by atoms with Crippen LogP contribution < -0.4 is 21.1 Å². The molecule has 1 aromatic carbocycles. The molecule has 0 spiro atoms. The Morgan fingerprint density at radius 3 is 2.62 bits per heavy atom. The van der Waals surface area contributed by atoms with Crippen molar-refractivity contribution in [3.05, 3.63) is 58.4 Å². The summed E-state index contributed by atoms with van der Waals surface area (Å²) in [6.07, 6.45) is -0.0575. The average Bonchev–Trinajstić information content (AvgIpc) is 3.79. The lowest BCUT2D eigenvalue weighted by Crippen LogP contribution is -2.29. The summed E-state index contributed by atoms with van der Waals surface area (Å²) in [5.74, 6) is 5.25. The van der Waals surface area contributed by atoms with Crippen LogP contribution in [0.15, 0.2) is 41.9 Å². The second-order valence-corrected chi connectivity index (χ2v) is 17.4. The van der Waals surface area contributed by atoms with Gasteiger partial charge in [-0.15, -0.1) is 0 Å². The number of ketones is 1. The van der Waals surface area contributed by atoms with Crippen molar-refractivity contribution in [1.82, 2.24) is 25.2 Å². The number of hydrogen-bond acceptors (Lipinski definition) is 18. The number of Topliss-reactive ketones (excluding diaryl/α,β-unsaturated/α-hetero) is 1. The Bertz CT molecular complexity index is 2350. The van der Waals surface area contributed by atoms with Crippen LogP contribution >= 0.6 is 23.5 Å². The Labute approximate surface area is 357 Å². The zero-order valence-electron chi connectivity index (χ0n) is 33.5. The summed E-state index contributed by atoms with van der Waals surface area (Å²) in [5, 5.41) is 9.18. The number of fused-ring (bicyclic) bond motifs is 1. The molecule has 27 nitrogen and oxygen atoms in total. The number of amides is 2. The number of phosphoric acid groups is 3. The van der Waals surface area contributed by atoms with Gasteiger partial charge in [0.1, 0.15) is 54.9 Å². The van der Waals surface area contributed by atoms with Crippen molar-refractivity contribution in [2.75, 3.05) is 59.0 Å². The molecular formula is C33H44N9O18P3. The summed E-state index contributed by atoms with van der Waals surface area (Å²) in [7, 11) is -15.4. The molecule has 344 valence electrons. The second-order valence-electron chi connectivity index (χ2n) is 13.0. The number of nitrogens with one attached hydrogen (secondary N) is 2. The number of benzene rings is 1. The third kappa shape index (κ3) is 17.0.